The fourth-order valence-corrected chi connectivity index (χ4v) is 2.82. The molecular formula is C11H7BrN4OS. The zero-order valence-electron chi connectivity index (χ0n) is 9.00. The van der Waals surface area contributed by atoms with Gasteiger partial charge in [-0.1, -0.05) is 5.16 Å². The van der Waals surface area contributed by atoms with Gasteiger partial charge in [-0.15, -0.1) is 11.3 Å². The highest BCUT2D eigenvalue weighted by atomic mass is 79.9. The topological polar surface area (TPSA) is 77.8 Å². The molecule has 3 aromatic rings. The molecule has 0 radical (unpaired) electrons. The van der Waals surface area contributed by atoms with Gasteiger partial charge in [0.1, 0.15) is 0 Å². The highest BCUT2D eigenvalue weighted by Gasteiger charge is 2.13. The maximum Gasteiger partial charge on any atom is 0.260 e. The van der Waals surface area contributed by atoms with E-state index >= 15 is 0 Å². The summed E-state index contributed by atoms with van der Waals surface area (Å²) in [6, 6.07) is 3.69. The predicted molar refractivity (Wildman–Crippen MR) is 73.0 cm³/mol. The highest BCUT2D eigenvalue weighted by molar-refractivity contribution is 9.10. The van der Waals surface area contributed by atoms with Crippen LogP contribution >= 0.6 is 27.3 Å². The van der Waals surface area contributed by atoms with Gasteiger partial charge in [-0.05, 0) is 28.1 Å². The van der Waals surface area contributed by atoms with E-state index in [0.717, 1.165) is 9.35 Å². The van der Waals surface area contributed by atoms with E-state index < -0.39 is 0 Å². The van der Waals surface area contributed by atoms with Crippen molar-refractivity contribution in [1.29, 1.82) is 0 Å². The molecule has 0 spiro atoms. The fraction of sp³-hybridized carbons (Fsp3) is 0. The van der Waals surface area contributed by atoms with Crippen molar-refractivity contribution in [3.63, 3.8) is 0 Å². The number of nitrogen functional groups attached to an aromatic ring is 1. The largest absolute Gasteiger partial charge is 0.397 e. The highest BCUT2D eigenvalue weighted by Crippen LogP contribution is 2.30. The SMILES string of the molecule is Nc1cnccc1-c1nc(-c2cc(Br)cs2)no1. The molecule has 0 aromatic carbocycles. The first-order chi connectivity index (χ1) is 8.74. The maximum atomic E-state index is 5.81. The van der Waals surface area contributed by atoms with Crippen LogP contribution in [-0.4, -0.2) is 15.1 Å². The number of halogens is 1. The van der Waals surface area contributed by atoms with Gasteiger partial charge in [0.2, 0.25) is 5.82 Å². The fourth-order valence-electron chi connectivity index (χ4n) is 1.46. The molecule has 0 aliphatic heterocycles. The zero-order valence-corrected chi connectivity index (χ0v) is 11.4. The normalized spacial score (nSPS) is 10.7. The van der Waals surface area contributed by atoms with Gasteiger partial charge in [0.25, 0.3) is 5.89 Å². The number of rotatable bonds is 2. The number of nitrogens with zero attached hydrogens (tertiary/aromatic N) is 3. The maximum absolute atomic E-state index is 5.81. The summed E-state index contributed by atoms with van der Waals surface area (Å²) in [5, 5.41) is 5.91. The van der Waals surface area contributed by atoms with Gasteiger partial charge in [-0.25, -0.2) is 0 Å². The molecule has 0 fully saturated rings. The lowest BCUT2D eigenvalue weighted by atomic mass is 10.2. The summed E-state index contributed by atoms with van der Waals surface area (Å²) in [6.45, 7) is 0. The van der Waals surface area contributed by atoms with Crippen molar-refractivity contribution < 1.29 is 4.52 Å². The number of pyridine rings is 1. The number of aromatic nitrogens is 3. The number of anilines is 1. The van der Waals surface area contributed by atoms with Crippen LogP contribution in [-0.2, 0) is 0 Å². The summed E-state index contributed by atoms with van der Waals surface area (Å²) in [5.74, 6) is 0.950. The first kappa shape index (κ1) is 11.4. The molecule has 2 N–H and O–H groups in total. The number of hydrogen-bond acceptors (Lipinski definition) is 6. The number of nitrogens with two attached hydrogens (primary N) is 1. The summed E-state index contributed by atoms with van der Waals surface area (Å²) in [6.07, 6.45) is 3.19. The van der Waals surface area contributed by atoms with Gasteiger partial charge in [0.15, 0.2) is 0 Å². The molecule has 5 nitrogen and oxygen atoms in total. The average molecular weight is 323 g/mol. The Hall–Kier alpha value is -1.73. The van der Waals surface area contributed by atoms with Crippen molar-refractivity contribution in [2.24, 2.45) is 0 Å². The lowest BCUT2D eigenvalue weighted by Gasteiger charge is -1.96. The molecular weight excluding hydrogens is 316 g/mol. The number of thiophene rings is 1. The van der Waals surface area contributed by atoms with E-state index in [4.69, 9.17) is 10.3 Å². The van der Waals surface area contributed by atoms with Crippen LogP contribution in [0.4, 0.5) is 5.69 Å². The Labute approximate surface area is 115 Å². The third-order valence-electron chi connectivity index (χ3n) is 2.30. The molecule has 3 rings (SSSR count). The molecule has 0 aliphatic rings. The molecule has 0 atom stereocenters. The van der Waals surface area contributed by atoms with Crippen molar-refractivity contribution in [3.05, 3.63) is 34.4 Å². The quantitative estimate of drug-likeness (QED) is 0.783. The second-order valence-electron chi connectivity index (χ2n) is 3.52. The Morgan fingerprint density at radius 1 is 1.39 bits per heavy atom. The van der Waals surface area contributed by atoms with E-state index in [1.54, 1.807) is 18.5 Å². The van der Waals surface area contributed by atoms with Crippen LogP contribution < -0.4 is 5.73 Å². The second-order valence-corrected chi connectivity index (χ2v) is 5.34. The van der Waals surface area contributed by atoms with Crippen LogP contribution in [0, 0.1) is 0 Å². The van der Waals surface area contributed by atoms with Crippen LogP contribution in [0.25, 0.3) is 22.2 Å². The minimum absolute atomic E-state index is 0.398. The van der Waals surface area contributed by atoms with Crippen molar-refractivity contribution >= 4 is 33.0 Å². The Morgan fingerprint density at radius 3 is 3.00 bits per heavy atom. The Kier molecular flexibility index (Phi) is 2.85. The molecule has 90 valence electrons. The van der Waals surface area contributed by atoms with Crippen LogP contribution in [0.5, 0.6) is 0 Å². The van der Waals surface area contributed by atoms with E-state index in [-0.39, 0.29) is 0 Å². The smallest absolute Gasteiger partial charge is 0.260 e. The van der Waals surface area contributed by atoms with E-state index in [2.05, 4.69) is 31.1 Å². The van der Waals surface area contributed by atoms with Gasteiger partial charge in [0, 0.05) is 16.0 Å². The Bertz CT molecular complexity index is 694. The molecule has 0 bridgehead atoms. The Morgan fingerprint density at radius 2 is 2.28 bits per heavy atom. The summed E-state index contributed by atoms with van der Waals surface area (Å²) in [4.78, 5) is 9.18. The van der Waals surface area contributed by atoms with Crippen molar-refractivity contribution in [3.8, 4) is 22.2 Å². The molecule has 0 unspecified atom stereocenters. The molecule has 3 heterocycles. The van der Waals surface area contributed by atoms with Crippen LogP contribution in [0.2, 0.25) is 0 Å². The lowest BCUT2D eigenvalue weighted by molar-refractivity contribution is 0.432. The number of hydrogen-bond donors (Lipinski definition) is 1. The van der Waals surface area contributed by atoms with Gasteiger partial charge in [0.05, 0.1) is 22.3 Å². The molecule has 18 heavy (non-hydrogen) atoms. The van der Waals surface area contributed by atoms with Crippen LogP contribution in [0.3, 0.4) is 0 Å². The molecule has 0 saturated heterocycles. The molecule has 3 aromatic heterocycles. The Balaban J connectivity index is 2.02. The van der Waals surface area contributed by atoms with Gasteiger partial charge >= 0.3 is 0 Å². The summed E-state index contributed by atoms with van der Waals surface area (Å²) in [7, 11) is 0. The van der Waals surface area contributed by atoms with Crippen LogP contribution in [0.15, 0.2) is 38.9 Å². The first-order valence-electron chi connectivity index (χ1n) is 5.02. The van der Waals surface area contributed by atoms with Gasteiger partial charge in [-0.3, -0.25) is 4.98 Å². The second kappa shape index (κ2) is 4.51. The standard InChI is InChI=1S/C11H7BrN4OS/c12-6-3-9(18-5-6)10-15-11(17-16-10)7-1-2-14-4-8(7)13/h1-5H,13H2. The van der Waals surface area contributed by atoms with Crippen LogP contribution in [0.1, 0.15) is 0 Å². The minimum atomic E-state index is 0.398. The first-order valence-corrected chi connectivity index (χ1v) is 6.69. The summed E-state index contributed by atoms with van der Waals surface area (Å²) < 4.78 is 6.22. The zero-order chi connectivity index (χ0) is 12.5. The summed E-state index contributed by atoms with van der Waals surface area (Å²) >= 11 is 4.93. The molecule has 0 saturated carbocycles. The molecule has 0 amide bonds. The predicted octanol–water partition coefficient (Wildman–Crippen LogP) is 3.20. The van der Waals surface area contributed by atoms with Gasteiger partial charge < -0.3 is 10.3 Å². The third kappa shape index (κ3) is 2.02. The van der Waals surface area contributed by atoms with E-state index in [9.17, 15) is 0 Å². The monoisotopic (exact) mass is 322 g/mol. The van der Waals surface area contributed by atoms with Crippen molar-refractivity contribution in [2.75, 3.05) is 5.73 Å². The molecule has 7 heteroatoms. The van der Waals surface area contributed by atoms with Crippen molar-refractivity contribution in [2.45, 2.75) is 0 Å². The molecule has 0 aliphatic carbocycles. The van der Waals surface area contributed by atoms with E-state index in [0.29, 0.717) is 23.0 Å². The van der Waals surface area contributed by atoms with E-state index in [1.807, 2.05) is 11.4 Å². The summed E-state index contributed by atoms with van der Waals surface area (Å²) in [5.41, 5.74) is 7.02. The minimum Gasteiger partial charge on any atom is -0.397 e. The lowest BCUT2D eigenvalue weighted by Crippen LogP contribution is -1.90. The van der Waals surface area contributed by atoms with E-state index in [1.165, 1.54) is 11.3 Å². The van der Waals surface area contributed by atoms with Crippen molar-refractivity contribution in [1.82, 2.24) is 15.1 Å². The van der Waals surface area contributed by atoms with Gasteiger partial charge in [-0.2, -0.15) is 4.98 Å². The average Bonchev–Trinajstić information content (AvgIpc) is 2.98. The third-order valence-corrected chi connectivity index (χ3v) is 3.98.